The van der Waals surface area contributed by atoms with Crippen LogP contribution >= 0.6 is 0 Å². The van der Waals surface area contributed by atoms with Gasteiger partial charge in [0.1, 0.15) is 11.6 Å². The molecule has 2 aliphatic rings. The summed E-state index contributed by atoms with van der Waals surface area (Å²) in [7, 11) is 0. The highest BCUT2D eigenvalue weighted by Gasteiger charge is 2.31. The number of hydrogen-bond acceptors (Lipinski definition) is 6. The number of rotatable bonds is 5. The average Bonchev–Trinajstić information content (AvgIpc) is 2.74. The van der Waals surface area contributed by atoms with Gasteiger partial charge >= 0.3 is 5.97 Å². The van der Waals surface area contributed by atoms with E-state index in [-0.39, 0.29) is 11.9 Å². The first kappa shape index (κ1) is 19.8. The molecule has 1 saturated heterocycles. The van der Waals surface area contributed by atoms with Gasteiger partial charge in [-0.1, -0.05) is 30.3 Å². The van der Waals surface area contributed by atoms with Crippen LogP contribution in [-0.2, 0) is 29.0 Å². The van der Waals surface area contributed by atoms with Crippen LogP contribution in [0.25, 0.3) is 0 Å². The number of hydrogen-bond donors (Lipinski definition) is 0. The Kier molecular flexibility index (Phi) is 6.09. The zero-order valence-corrected chi connectivity index (χ0v) is 17.4. The summed E-state index contributed by atoms with van der Waals surface area (Å²) in [5.41, 5.74) is 3.71. The minimum absolute atomic E-state index is 0.0707. The Morgan fingerprint density at radius 3 is 2.83 bits per heavy atom. The molecule has 1 atom stereocenters. The molecule has 1 aromatic carbocycles. The highest BCUT2D eigenvalue weighted by atomic mass is 16.5. The standard InChI is InChI=1S/C23H30N4O2/c1-3-29-23(28)19-10-7-12-27(15-19)22-20-16-26(14-18-8-5-4-6-9-18)13-11-21(20)24-17(2)25-22/h4-6,8-9,19H,3,7,10-16H2,1-2H3/t19-/m0/s1. The molecule has 0 N–H and O–H groups in total. The van der Waals surface area contributed by atoms with Crippen LogP contribution in [0, 0.1) is 12.8 Å². The topological polar surface area (TPSA) is 58.6 Å². The molecular formula is C23H30N4O2. The third-order valence-corrected chi connectivity index (χ3v) is 5.82. The first-order valence-electron chi connectivity index (χ1n) is 10.7. The average molecular weight is 395 g/mol. The molecule has 154 valence electrons. The number of fused-ring (bicyclic) bond motifs is 1. The summed E-state index contributed by atoms with van der Waals surface area (Å²) in [6.45, 7) is 8.66. The zero-order chi connectivity index (χ0) is 20.2. The Morgan fingerprint density at radius 2 is 2.03 bits per heavy atom. The maximum Gasteiger partial charge on any atom is 0.310 e. The van der Waals surface area contributed by atoms with Crippen LogP contribution in [0.3, 0.4) is 0 Å². The van der Waals surface area contributed by atoms with Crippen molar-refractivity contribution in [3.8, 4) is 0 Å². The number of carbonyl (C=O) groups excluding carboxylic acids is 1. The van der Waals surface area contributed by atoms with Gasteiger partial charge in [-0.25, -0.2) is 9.97 Å². The molecule has 2 aromatic rings. The Labute approximate surface area is 172 Å². The van der Waals surface area contributed by atoms with Crippen molar-refractivity contribution in [2.24, 2.45) is 5.92 Å². The van der Waals surface area contributed by atoms with Gasteiger partial charge in [0.2, 0.25) is 0 Å². The van der Waals surface area contributed by atoms with Crippen molar-refractivity contribution in [2.75, 3.05) is 31.1 Å². The number of ether oxygens (including phenoxy) is 1. The SMILES string of the molecule is CCOC(=O)[C@H]1CCCN(c2nc(C)nc3c2CN(Cc2ccccc2)CC3)C1. The molecule has 4 rings (SSSR count). The van der Waals surface area contributed by atoms with Gasteiger partial charge in [-0.05, 0) is 32.3 Å². The van der Waals surface area contributed by atoms with E-state index in [1.807, 2.05) is 13.8 Å². The van der Waals surface area contributed by atoms with E-state index in [0.717, 1.165) is 62.8 Å². The second-order valence-electron chi connectivity index (χ2n) is 8.00. The van der Waals surface area contributed by atoms with Gasteiger partial charge in [-0.3, -0.25) is 9.69 Å². The molecule has 0 bridgehead atoms. The molecule has 0 saturated carbocycles. The largest absolute Gasteiger partial charge is 0.466 e. The van der Waals surface area contributed by atoms with Gasteiger partial charge in [0.05, 0.1) is 18.2 Å². The Hall–Kier alpha value is -2.47. The normalized spacial score (nSPS) is 19.7. The summed E-state index contributed by atoms with van der Waals surface area (Å²) in [6.07, 6.45) is 2.81. The number of benzene rings is 1. The van der Waals surface area contributed by atoms with E-state index in [0.29, 0.717) is 13.2 Å². The summed E-state index contributed by atoms with van der Waals surface area (Å²) in [5, 5.41) is 0. The van der Waals surface area contributed by atoms with Crippen molar-refractivity contribution in [3.63, 3.8) is 0 Å². The van der Waals surface area contributed by atoms with Crippen LogP contribution in [0.4, 0.5) is 5.82 Å². The first-order valence-corrected chi connectivity index (χ1v) is 10.7. The molecule has 0 amide bonds. The second kappa shape index (κ2) is 8.91. The van der Waals surface area contributed by atoms with Gasteiger partial charge in [0, 0.05) is 44.7 Å². The fourth-order valence-electron chi connectivity index (χ4n) is 4.43. The molecular weight excluding hydrogens is 364 g/mol. The van der Waals surface area contributed by atoms with Crippen molar-refractivity contribution < 1.29 is 9.53 Å². The molecule has 3 heterocycles. The summed E-state index contributed by atoms with van der Waals surface area (Å²) in [4.78, 5) is 26.6. The Morgan fingerprint density at radius 1 is 1.21 bits per heavy atom. The van der Waals surface area contributed by atoms with Gasteiger partial charge < -0.3 is 9.64 Å². The molecule has 1 aromatic heterocycles. The lowest BCUT2D eigenvalue weighted by atomic mass is 9.97. The van der Waals surface area contributed by atoms with Crippen molar-refractivity contribution in [1.29, 1.82) is 0 Å². The van der Waals surface area contributed by atoms with E-state index in [4.69, 9.17) is 14.7 Å². The van der Waals surface area contributed by atoms with Crippen LogP contribution in [-0.4, -0.2) is 47.1 Å². The van der Waals surface area contributed by atoms with E-state index in [9.17, 15) is 4.79 Å². The van der Waals surface area contributed by atoms with Crippen LogP contribution < -0.4 is 4.90 Å². The third-order valence-electron chi connectivity index (χ3n) is 5.82. The number of carbonyl (C=O) groups is 1. The number of piperidine rings is 1. The molecule has 0 unspecified atom stereocenters. The minimum atomic E-state index is -0.0810. The predicted molar refractivity (Wildman–Crippen MR) is 113 cm³/mol. The van der Waals surface area contributed by atoms with Gasteiger partial charge in [0.15, 0.2) is 0 Å². The monoisotopic (exact) mass is 394 g/mol. The molecule has 0 spiro atoms. The van der Waals surface area contributed by atoms with Crippen LogP contribution in [0.2, 0.25) is 0 Å². The molecule has 0 aliphatic carbocycles. The molecule has 0 radical (unpaired) electrons. The lowest BCUT2D eigenvalue weighted by Gasteiger charge is -2.36. The maximum atomic E-state index is 12.3. The van der Waals surface area contributed by atoms with Crippen LogP contribution in [0.5, 0.6) is 0 Å². The Bertz CT molecular complexity index is 855. The minimum Gasteiger partial charge on any atom is -0.466 e. The Balaban J connectivity index is 1.55. The zero-order valence-electron chi connectivity index (χ0n) is 17.4. The smallest absolute Gasteiger partial charge is 0.310 e. The van der Waals surface area contributed by atoms with E-state index >= 15 is 0 Å². The van der Waals surface area contributed by atoms with Crippen LogP contribution in [0.1, 0.15) is 42.4 Å². The first-order chi connectivity index (χ1) is 14.1. The lowest BCUT2D eigenvalue weighted by Crippen LogP contribution is -2.41. The molecule has 29 heavy (non-hydrogen) atoms. The fraction of sp³-hybridized carbons (Fsp3) is 0.522. The summed E-state index contributed by atoms with van der Waals surface area (Å²) < 4.78 is 5.28. The lowest BCUT2D eigenvalue weighted by molar-refractivity contribution is -0.148. The van der Waals surface area contributed by atoms with E-state index in [1.165, 1.54) is 11.1 Å². The van der Waals surface area contributed by atoms with Crippen LogP contribution in [0.15, 0.2) is 30.3 Å². The number of aromatic nitrogens is 2. The van der Waals surface area contributed by atoms with Gasteiger partial charge in [-0.2, -0.15) is 0 Å². The molecule has 1 fully saturated rings. The number of aryl methyl sites for hydroxylation is 1. The number of nitrogens with zero attached hydrogens (tertiary/aromatic N) is 4. The predicted octanol–water partition coefficient (Wildman–Crippen LogP) is 3.12. The number of esters is 1. The van der Waals surface area contributed by atoms with Crippen molar-refractivity contribution in [3.05, 3.63) is 53.0 Å². The quantitative estimate of drug-likeness (QED) is 0.727. The van der Waals surface area contributed by atoms with E-state index in [1.54, 1.807) is 0 Å². The van der Waals surface area contributed by atoms with Crippen molar-refractivity contribution in [2.45, 2.75) is 46.2 Å². The number of anilines is 1. The molecule has 6 nitrogen and oxygen atoms in total. The summed E-state index contributed by atoms with van der Waals surface area (Å²) in [5.74, 6) is 1.67. The highest BCUT2D eigenvalue weighted by molar-refractivity contribution is 5.73. The molecule has 2 aliphatic heterocycles. The van der Waals surface area contributed by atoms with Crippen molar-refractivity contribution >= 4 is 11.8 Å². The maximum absolute atomic E-state index is 12.3. The van der Waals surface area contributed by atoms with Gasteiger partial charge in [-0.15, -0.1) is 0 Å². The third kappa shape index (κ3) is 4.58. The van der Waals surface area contributed by atoms with Gasteiger partial charge in [0.25, 0.3) is 0 Å². The molecule has 6 heteroatoms. The van der Waals surface area contributed by atoms with E-state index in [2.05, 4.69) is 40.1 Å². The van der Waals surface area contributed by atoms with E-state index < -0.39 is 0 Å². The summed E-state index contributed by atoms with van der Waals surface area (Å²) in [6, 6.07) is 10.6. The second-order valence-corrected chi connectivity index (χ2v) is 8.00. The summed E-state index contributed by atoms with van der Waals surface area (Å²) >= 11 is 0. The fourth-order valence-corrected chi connectivity index (χ4v) is 4.43. The highest BCUT2D eigenvalue weighted by Crippen LogP contribution is 2.30. The van der Waals surface area contributed by atoms with Crippen molar-refractivity contribution in [1.82, 2.24) is 14.9 Å².